The first-order chi connectivity index (χ1) is 9.77. The predicted molar refractivity (Wildman–Crippen MR) is 81.3 cm³/mol. The van der Waals surface area contributed by atoms with Crippen molar-refractivity contribution in [3.63, 3.8) is 0 Å². The molecule has 1 aliphatic rings. The first kappa shape index (κ1) is 15.8. The zero-order chi connectivity index (χ0) is 15.7. The van der Waals surface area contributed by atoms with Crippen molar-refractivity contribution in [2.75, 3.05) is 18.1 Å². The summed E-state index contributed by atoms with van der Waals surface area (Å²) < 4.78 is 23.0. The molecule has 1 fully saturated rings. The van der Waals surface area contributed by atoms with Crippen LogP contribution in [0, 0.1) is 15.5 Å². The maximum atomic E-state index is 11.5. The third kappa shape index (κ3) is 3.72. The van der Waals surface area contributed by atoms with E-state index in [2.05, 4.69) is 12.2 Å². The van der Waals surface area contributed by atoms with Crippen LogP contribution in [0.4, 0.5) is 11.4 Å². The van der Waals surface area contributed by atoms with Crippen LogP contribution in [0.15, 0.2) is 23.1 Å². The number of nitrogens with zero attached hydrogens (tertiary/aromatic N) is 1. The predicted octanol–water partition coefficient (Wildman–Crippen LogP) is 2.99. The smallest absolute Gasteiger partial charge is 0.293 e. The molecular formula is C14H20N2O4S. The van der Waals surface area contributed by atoms with Crippen LogP contribution in [0.2, 0.25) is 0 Å². The molecule has 7 heteroatoms. The third-order valence-electron chi connectivity index (χ3n) is 3.99. The second kappa shape index (κ2) is 5.63. The van der Waals surface area contributed by atoms with Crippen LogP contribution in [0.1, 0.15) is 32.6 Å². The van der Waals surface area contributed by atoms with Crippen molar-refractivity contribution >= 4 is 21.2 Å². The molecule has 1 aliphatic carbocycles. The summed E-state index contributed by atoms with van der Waals surface area (Å²) in [5.74, 6) is 0. The zero-order valence-electron chi connectivity index (χ0n) is 12.3. The number of rotatable bonds is 7. The normalized spacial score (nSPS) is 16.5. The van der Waals surface area contributed by atoms with Gasteiger partial charge in [-0.2, -0.15) is 0 Å². The van der Waals surface area contributed by atoms with Gasteiger partial charge < -0.3 is 5.32 Å². The number of sulfone groups is 1. The summed E-state index contributed by atoms with van der Waals surface area (Å²) in [4.78, 5) is 10.6. The lowest BCUT2D eigenvalue weighted by Gasteiger charge is -2.16. The summed E-state index contributed by atoms with van der Waals surface area (Å²) >= 11 is 0. The van der Waals surface area contributed by atoms with E-state index in [0.717, 1.165) is 38.0 Å². The molecule has 0 saturated heterocycles. The van der Waals surface area contributed by atoms with Crippen molar-refractivity contribution in [2.24, 2.45) is 5.41 Å². The molecule has 0 atom stereocenters. The second-order valence-electron chi connectivity index (χ2n) is 5.81. The Morgan fingerprint density at radius 1 is 1.38 bits per heavy atom. The molecule has 116 valence electrons. The van der Waals surface area contributed by atoms with Crippen molar-refractivity contribution in [2.45, 2.75) is 37.5 Å². The fourth-order valence-electron chi connectivity index (χ4n) is 2.55. The maximum Gasteiger partial charge on any atom is 0.293 e. The average Bonchev–Trinajstić information content (AvgIpc) is 3.15. The van der Waals surface area contributed by atoms with Gasteiger partial charge >= 0.3 is 0 Å². The summed E-state index contributed by atoms with van der Waals surface area (Å²) in [7, 11) is -3.45. The van der Waals surface area contributed by atoms with E-state index >= 15 is 0 Å². The highest BCUT2D eigenvalue weighted by Crippen LogP contribution is 2.49. The molecule has 1 saturated carbocycles. The van der Waals surface area contributed by atoms with E-state index in [1.165, 1.54) is 12.1 Å². The number of hydrogen-bond acceptors (Lipinski definition) is 5. The van der Waals surface area contributed by atoms with Gasteiger partial charge in [-0.3, -0.25) is 10.1 Å². The molecule has 21 heavy (non-hydrogen) atoms. The molecule has 0 spiro atoms. The molecule has 0 aliphatic heterocycles. The molecule has 0 bridgehead atoms. The zero-order valence-corrected chi connectivity index (χ0v) is 13.1. The van der Waals surface area contributed by atoms with Gasteiger partial charge in [-0.15, -0.1) is 0 Å². The third-order valence-corrected chi connectivity index (χ3v) is 5.10. The highest BCUT2D eigenvalue weighted by Gasteiger charge is 2.41. The van der Waals surface area contributed by atoms with Gasteiger partial charge in [0.05, 0.1) is 9.82 Å². The van der Waals surface area contributed by atoms with E-state index in [0.29, 0.717) is 12.2 Å². The van der Waals surface area contributed by atoms with Crippen LogP contribution >= 0.6 is 0 Å². The van der Waals surface area contributed by atoms with E-state index in [1.807, 2.05) is 0 Å². The summed E-state index contributed by atoms with van der Waals surface area (Å²) in [6.45, 7) is 2.82. The molecule has 0 amide bonds. The van der Waals surface area contributed by atoms with E-state index < -0.39 is 14.8 Å². The fourth-order valence-corrected chi connectivity index (χ4v) is 3.19. The van der Waals surface area contributed by atoms with Crippen molar-refractivity contribution in [3.05, 3.63) is 28.3 Å². The molecule has 1 N–H and O–H groups in total. The molecule has 6 nitrogen and oxygen atoms in total. The maximum absolute atomic E-state index is 11.5. The standard InChI is InChI=1S/C14H20N2O4S/c1-3-6-14(7-8-14)10-15-12-5-4-11(21(2,19)20)9-13(12)16(17)18/h4-5,9,15H,3,6-8,10H2,1-2H3. The minimum absolute atomic E-state index is 0.0329. The van der Waals surface area contributed by atoms with Crippen LogP contribution in [-0.2, 0) is 9.84 Å². The van der Waals surface area contributed by atoms with E-state index in [4.69, 9.17) is 0 Å². The van der Waals surface area contributed by atoms with Crippen LogP contribution < -0.4 is 5.32 Å². The van der Waals surface area contributed by atoms with Crippen LogP contribution in [0.3, 0.4) is 0 Å². The molecule has 0 heterocycles. The highest BCUT2D eigenvalue weighted by molar-refractivity contribution is 7.90. The van der Waals surface area contributed by atoms with Gasteiger partial charge in [0.2, 0.25) is 0 Å². The molecule has 0 aromatic heterocycles. The Hall–Kier alpha value is -1.63. The highest BCUT2D eigenvalue weighted by atomic mass is 32.2. The van der Waals surface area contributed by atoms with Crippen molar-refractivity contribution < 1.29 is 13.3 Å². The van der Waals surface area contributed by atoms with E-state index in [-0.39, 0.29) is 16.0 Å². The number of hydrogen-bond donors (Lipinski definition) is 1. The number of nitrogens with one attached hydrogen (secondary N) is 1. The first-order valence-corrected chi connectivity index (χ1v) is 8.89. The van der Waals surface area contributed by atoms with Gasteiger partial charge in [-0.1, -0.05) is 13.3 Å². The second-order valence-corrected chi connectivity index (χ2v) is 7.83. The summed E-state index contributed by atoms with van der Waals surface area (Å²) in [6.07, 6.45) is 5.53. The Bertz CT molecular complexity index is 651. The summed E-state index contributed by atoms with van der Waals surface area (Å²) in [5, 5.41) is 14.3. The van der Waals surface area contributed by atoms with Crippen molar-refractivity contribution in [1.29, 1.82) is 0 Å². The van der Waals surface area contributed by atoms with Gasteiger partial charge in [0.1, 0.15) is 5.69 Å². The van der Waals surface area contributed by atoms with Crippen LogP contribution in [0.25, 0.3) is 0 Å². The van der Waals surface area contributed by atoms with E-state index in [1.54, 1.807) is 0 Å². The Kier molecular flexibility index (Phi) is 4.22. The number of nitro benzene ring substituents is 1. The van der Waals surface area contributed by atoms with E-state index in [9.17, 15) is 18.5 Å². The Balaban J connectivity index is 2.21. The minimum atomic E-state index is -3.45. The minimum Gasteiger partial charge on any atom is -0.379 e. The Morgan fingerprint density at radius 2 is 2.05 bits per heavy atom. The van der Waals surface area contributed by atoms with Gasteiger partial charge in [0, 0.05) is 18.9 Å². The molecule has 1 aromatic carbocycles. The summed E-state index contributed by atoms with van der Waals surface area (Å²) in [5.41, 5.74) is 0.456. The SMILES string of the molecule is CCCC1(CNc2ccc(S(C)(=O)=O)cc2[N+](=O)[O-])CC1. The van der Waals surface area contributed by atoms with Crippen LogP contribution in [-0.4, -0.2) is 26.1 Å². The monoisotopic (exact) mass is 312 g/mol. The lowest BCUT2D eigenvalue weighted by molar-refractivity contribution is -0.384. The number of anilines is 1. The molecule has 2 rings (SSSR count). The molecular weight excluding hydrogens is 292 g/mol. The first-order valence-electron chi connectivity index (χ1n) is 7.00. The summed E-state index contributed by atoms with van der Waals surface area (Å²) in [6, 6.07) is 4.01. The van der Waals surface area contributed by atoms with Gasteiger partial charge in [-0.05, 0) is 36.8 Å². The number of benzene rings is 1. The van der Waals surface area contributed by atoms with Gasteiger partial charge in [0.25, 0.3) is 5.69 Å². The fraction of sp³-hybridized carbons (Fsp3) is 0.571. The molecule has 0 radical (unpaired) electrons. The quantitative estimate of drug-likeness (QED) is 0.617. The number of nitro groups is 1. The lowest BCUT2D eigenvalue weighted by Crippen LogP contribution is -2.16. The van der Waals surface area contributed by atoms with Gasteiger partial charge in [-0.25, -0.2) is 8.42 Å². The average molecular weight is 312 g/mol. The van der Waals surface area contributed by atoms with Gasteiger partial charge in [0.15, 0.2) is 9.84 Å². The van der Waals surface area contributed by atoms with Crippen molar-refractivity contribution in [3.8, 4) is 0 Å². The lowest BCUT2D eigenvalue weighted by atomic mass is 10.0. The van der Waals surface area contributed by atoms with Crippen LogP contribution in [0.5, 0.6) is 0 Å². The topological polar surface area (TPSA) is 89.3 Å². The van der Waals surface area contributed by atoms with Crippen molar-refractivity contribution in [1.82, 2.24) is 0 Å². The molecule has 0 unspecified atom stereocenters. The Labute approximate surface area is 124 Å². The molecule has 1 aromatic rings. The Morgan fingerprint density at radius 3 is 2.52 bits per heavy atom. The largest absolute Gasteiger partial charge is 0.379 e.